The Morgan fingerprint density at radius 2 is 1.88 bits per heavy atom. The van der Waals surface area contributed by atoms with Gasteiger partial charge in [-0.05, 0) is 24.3 Å². The maximum absolute atomic E-state index is 13.3. The summed E-state index contributed by atoms with van der Waals surface area (Å²) in [5.41, 5.74) is -0.0455. The average Bonchev–Trinajstić information content (AvgIpc) is 3.47. The Kier molecular flexibility index (Phi) is 5.75. The molecule has 34 heavy (non-hydrogen) atoms. The molecule has 0 saturated heterocycles. The van der Waals surface area contributed by atoms with E-state index in [0.29, 0.717) is 0 Å². The van der Waals surface area contributed by atoms with Gasteiger partial charge in [0.25, 0.3) is 0 Å². The molecule has 0 spiro atoms. The maximum Gasteiger partial charge on any atom is 0.456 e. The van der Waals surface area contributed by atoms with E-state index in [1.807, 2.05) is 0 Å². The fourth-order valence-corrected chi connectivity index (χ4v) is 4.02. The third kappa shape index (κ3) is 4.18. The van der Waals surface area contributed by atoms with Crippen LogP contribution in [0.1, 0.15) is 6.92 Å². The van der Waals surface area contributed by atoms with Crippen molar-refractivity contribution >= 4 is 15.4 Å². The standard InChI is InChI=1S/C19H15F5N6O3S/c1-2-34(31,32)14-5-6-15(30-11-25-10-27-30)28-16(14)17-26-8-12-13(4-3-7-29(12)17)33-9-18(20,21)19(22,23)24/h3-8,10-11H,2,9H2,1H3. The highest BCUT2D eigenvalue weighted by Crippen LogP contribution is 2.36. The molecular formula is C19H15F5N6O3S. The van der Waals surface area contributed by atoms with E-state index in [2.05, 4.69) is 20.1 Å². The molecule has 0 amide bonds. The summed E-state index contributed by atoms with van der Waals surface area (Å²) in [5, 5.41) is 3.95. The van der Waals surface area contributed by atoms with Gasteiger partial charge in [-0.3, -0.25) is 4.40 Å². The number of aromatic nitrogens is 6. The number of hydrogen-bond acceptors (Lipinski definition) is 7. The second-order valence-electron chi connectivity index (χ2n) is 6.96. The van der Waals surface area contributed by atoms with Crippen molar-refractivity contribution in [1.82, 2.24) is 29.1 Å². The SMILES string of the molecule is CCS(=O)(=O)c1ccc(-n2cncn2)nc1-c1ncc2c(OCC(F)(F)C(F)(F)F)cccn12. The fourth-order valence-electron chi connectivity index (χ4n) is 3.00. The summed E-state index contributed by atoms with van der Waals surface area (Å²) in [6, 6.07) is 5.26. The highest BCUT2D eigenvalue weighted by Gasteiger charge is 2.58. The molecular weight excluding hydrogens is 487 g/mol. The lowest BCUT2D eigenvalue weighted by atomic mass is 10.3. The van der Waals surface area contributed by atoms with Crippen molar-refractivity contribution in [3.8, 4) is 23.1 Å². The van der Waals surface area contributed by atoms with Crippen molar-refractivity contribution in [2.24, 2.45) is 0 Å². The highest BCUT2D eigenvalue weighted by atomic mass is 32.2. The molecule has 0 atom stereocenters. The van der Waals surface area contributed by atoms with Gasteiger partial charge in [0.05, 0.1) is 16.8 Å². The summed E-state index contributed by atoms with van der Waals surface area (Å²) in [6.07, 6.45) is -0.611. The Balaban J connectivity index is 1.83. The Labute approximate surface area is 188 Å². The van der Waals surface area contributed by atoms with Crippen LogP contribution < -0.4 is 4.74 Å². The predicted molar refractivity (Wildman–Crippen MR) is 108 cm³/mol. The van der Waals surface area contributed by atoms with Crippen molar-refractivity contribution in [3.63, 3.8) is 0 Å². The number of sulfone groups is 1. The minimum atomic E-state index is -5.78. The van der Waals surface area contributed by atoms with Crippen LogP contribution in [0.3, 0.4) is 0 Å². The minimum Gasteiger partial charge on any atom is -0.485 e. The van der Waals surface area contributed by atoms with Crippen LogP contribution in [-0.2, 0) is 9.84 Å². The van der Waals surface area contributed by atoms with Gasteiger partial charge in [-0.2, -0.15) is 27.1 Å². The number of rotatable bonds is 7. The second kappa shape index (κ2) is 8.30. The Bertz CT molecular complexity index is 1430. The summed E-state index contributed by atoms with van der Waals surface area (Å²) in [6.45, 7) is -0.493. The Hall–Kier alpha value is -3.62. The van der Waals surface area contributed by atoms with Gasteiger partial charge in [0.15, 0.2) is 28.1 Å². The molecule has 0 radical (unpaired) electrons. The van der Waals surface area contributed by atoms with Gasteiger partial charge in [0, 0.05) is 6.20 Å². The molecule has 0 aliphatic heterocycles. The molecule has 0 aliphatic rings. The van der Waals surface area contributed by atoms with Crippen molar-refractivity contribution in [2.75, 3.05) is 12.4 Å². The number of halogens is 5. The number of imidazole rings is 1. The number of hydrogen-bond donors (Lipinski definition) is 0. The van der Waals surface area contributed by atoms with Crippen molar-refractivity contribution in [3.05, 3.63) is 49.3 Å². The molecule has 0 aromatic carbocycles. The van der Waals surface area contributed by atoms with Gasteiger partial charge in [0.2, 0.25) is 0 Å². The Morgan fingerprint density at radius 3 is 2.53 bits per heavy atom. The zero-order valence-corrected chi connectivity index (χ0v) is 18.1. The first-order chi connectivity index (χ1) is 15.9. The molecule has 4 rings (SSSR count). The molecule has 4 heterocycles. The molecule has 4 aromatic rings. The van der Waals surface area contributed by atoms with Gasteiger partial charge in [-0.1, -0.05) is 6.92 Å². The van der Waals surface area contributed by atoms with Crippen molar-refractivity contribution in [2.45, 2.75) is 23.9 Å². The molecule has 15 heteroatoms. The summed E-state index contributed by atoms with van der Waals surface area (Å²) in [5.74, 6) is -5.40. The topological polar surface area (TPSA) is 104 Å². The van der Waals surface area contributed by atoms with Crippen LogP contribution >= 0.6 is 0 Å². The van der Waals surface area contributed by atoms with E-state index < -0.39 is 28.5 Å². The zero-order chi connectivity index (χ0) is 24.7. The van der Waals surface area contributed by atoms with E-state index in [4.69, 9.17) is 4.74 Å². The van der Waals surface area contributed by atoms with Crippen LogP contribution in [0, 0.1) is 0 Å². The number of fused-ring (bicyclic) bond motifs is 1. The van der Waals surface area contributed by atoms with E-state index in [9.17, 15) is 30.4 Å². The van der Waals surface area contributed by atoms with Gasteiger partial charge in [-0.25, -0.2) is 28.1 Å². The van der Waals surface area contributed by atoms with Gasteiger partial charge >= 0.3 is 12.1 Å². The van der Waals surface area contributed by atoms with Gasteiger partial charge < -0.3 is 4.74 Å². The number of nitrogens with zero attached hydrogens (tertiary/aromatic N) is 6. The number of alkyl halides is 5. The van der Waals surface area contributed by atoms with Crippen LogP contribution in [0.25, 0.3) is 22.9 Å². The quantitative estimate of drug-likeness (QED) is 0.357. The Morgan fingerprint density at radius 1 is 1.12 bits per heavy atom. The van der Waals surface area contributed by atoms with E-state index in [0.717, 1.165) is 6.20 Å². The number of pyridine rings is 2. The molecule has 180 valence electrons. The first kappa shape index (κ1) is 23.5. The summed E-state index contributed by atoms with van der Waals surface area (Å²) in [4.78, 5) is 12.2. The molecule has 0 saturated carbocycles. The first-order valence-electron chi connectivity index (χ1n) is 9.57. The second-order valence-corrected chi connectivity index (χ2v) is 9.21. The molecule has 4 aromatic heterocycles. The van der Waals surface area contributed by atoms with Crippen LogP contribution in [-0.4, -0.2) is 62.0 Å². The lowest BCUT2D eigenvalue weighted by Gasteiger charge is -2.20. The molecule has 0 N–H and O–H groups in total. The molecule has 0 bridgehead atoms. The summed E-state index contributed by atoms with van der Waals surface area (Å²) < 4.78 is 96.9. The van der Waals surface area contributed by atoms with E-state index in [-0.39, 0.29) is 39.3 Å². The van der Waals surface area contributed by atoms with Crippen molar-refractivity contribution in [1.29, 1.82) is 0 Å². The van der Waals surface area contributed by atoms with E-state index in [1.54, 1.807) is 0 Å². The maximum atomic E-state index is 13.3. The highest BCUT2D eigenvalue weighted by molar-refractivity contribution is 7.91. The molecule has 0 fully saturated rings. The van der Waals surface area contributed by atoms with Crippen LogP contribution in [0.15, 0.2) is 54.2 Å². The third-order valence-electron chi connectivity index (χ3n) is 4.78. The zero-order valence-electron chi connectivity index (χ0n) is 17.2. The van der Waals surface area contributed by atoms with Crippen LogP contribution in [0.2, 0.25) is 0 Å². The first-order valence-corrected chi connectivity index (χ1v) is 11.2. The average molecular weight is 502 g/mol. The van der Waals surface area contributed by atoms with Crippen LogP contribution in [0.4, 0.5) is 22.0 Å². The largest absolute Gasteiger partial charge is 0.485 e. The predicted octanol–water partition coefficient (Wildman–Crippen LogP) is 3.35. The lowest BCUT2D eigenvalue weighted by molar-refractivity contribution is -0.289. The summed E-state index contributed by atoms with van der Waals surface area (Å²) >= 11 is 0. The molecule has 0 aliphatic carbocycles. The smallest absolute Gasteiger partial charge is 0.456 e. The fraction of sp³-hybridized carbons (Fsp3) is 0.263. The molecule has 0 unspecified atom stereocenters. The molecule has 9 nitrogen and oxygen atoms in total. The van der Waals surface area contributed by atoms with Gasteiger partial charge in [0.1, 0.15) is 29.6 Å². The van der Waals surface area contributed by atoms with Crippen LogP contribution in [0.5, 0.6) is 5.75 Å². The monoisotopic (exact) mass is 502 g/mol. The van der Waals surface area contributed by atoms with E-state index in [1.165, 1.54) is 59.1 Å². The lowest BCUT2D eigenvalue weighted by Crippen LogP contribution is -2.41. The minimum absolute atomic E-state index is 0.00276. The van der Waals surface area contributed by atoms with Gasteiger partial charge in [-0.15, -0.1) is 0 Å². The normalized spacial score (nSPS) is 12.9. The number of ether oxygens (including phenoxy) is 1. The van der Waals surface area contributed by atoms with Crippen molar-refractivity contribution < 1.29 is 35.1 Å². The third-order valence-corrected chi connectivity index (χ3v) is 6.54. The van der Waals surface area contributed by atoms with E-state index >= 15 is 0 Å². The summed E-state index contributed by atoms with van der Waals surface area (Å²) in [7, 11) is -3.78.